The van der Waals surface area contributed by atoms with Crippen molar-refractivity contribution in [1.82, 2.24) is 9.78 Å². The molecule has 0 radical (unpaired) electrons. The summed E-state index contributed by atoms with van der Waals surface area (Å²) in [6, 6.07) is 10.1. The molecule has 658 valence electrons. The number of hydrogen-bond acceptors (Lipinski definition) is 21. The second kappa shape index (κ2) is 30.1. The minimum absolute atomic E-state index is 0.0167. The first-order valence-electron chi connectivity index (χ1n) is 44.5. The topological polar surface area (TPSA) is 358 Å². The fourth-order valence-corrected chi connectivity index (χ4v) is 30.7. The van der Waals surface area contributed by atoms with Crippen LogP contribution in [-0.2, 0) is 68.6 Å². The minimum atomic E-state index is -2.15. The van der Waals surface area contributed by atoms with Crippen molar-refractivity contribution in [1.29, 1.82) is 0 Å². The predicted molar refractivity (Wildman–Crippen MR) is 447 cm³/mol. The summed E-state index contributed by atoms with van der Waals surface area (Å²) in [6.07, 6.45) is 26.0. The standard InChI is InChI=1S/C31H36N2O5.C24H32O6.C22H26ClFO4.C21H28O5/c1-17-10-23-22-11-18(2)31(37,28(36)16-38-19(3)34)25(22)13-27(35)29(23)30(4)14-20-15-32-33(26(20)12-24(17)30)21-8-6-5-7-9-21;1-21(2)29-19-10-16-15-6-5-13-9-14(26)7-8-22(13,3)20(15)17(27)11-23(16,4)24(19,30-21)18(28)12-25;1-12-8-16-15-5-4-13-9-14(25)6-7-19(13,2)21(15,24)17(26)10-20(16,3)22(12,28)18(27)11-23;1-19-7-5-13(23)9-12(19)3-4-14-15-6-8-21(26,17(25)11-22)20(15,2)10-16(24)18(14)19/h5-10,12,15,18,22-23,25,27,29,35,37H,11,13-14,16H2,1-4H3;7-9,15-17,19-20,25,27H,5-6,10-12H2,1-4H3;6-7,9,12,15-16,28H,4-5,8,10-11H2,1-3H3;9,14-15,18,22,26H,3-8,10-11H2,1-2H3/t18-,22+,23+,25+,27+,29-,30+,31-;15-,16-,17-,19+,20+,22-,23-,24+;12-,15-,16-,19-,20-,21-,22-;14-,15-,18+,19-,20-,21-/m1000/s1. The number of esters is 1. The van der Waals surface area contributed by atoms with Crippen LogP contribution < -0.4 is 0 Å². The first kappa shape index (κ1) is 88.4. The second-order valence-electron chi connectivity index (χ2n) is 41.9. The van der Waals surface area contributed by atoms with Crippen LogP contribution in [0.1, 0.15) is 210 Å². The number of aromatic nitrogens is 2. The Morgan fingerprint density at radius 1 is 0.639 bits per heavy atom. The number of ketones is 9. The fraction of sp³-hybridized carbons (Fsp3) is 0.663. The third-order valence-electron chi connectivity index (χ3n) is 36.1. The lowest BCUT2D eigenvalue weighted by Gasteiger charge is -2.59. The van der Waals surface area contributed by atoms with Gasteiger partial charge in [-0.05, 0) is 242 Å². The number of allylic oxidation sites excluding steroid dienone is 12. The zero-order valence-corrected chi connectivity index (χ0v) is 73.4. The van der Waals surface area contributed by atoms with Crippen LogP contribution in [0.2, 0.25) is 0 Å². The Kier molecular flexibility index (Phi) is 21.8. The number of halogens is 2. The number of carbonyl (C=O) groups excluding carboxylic acids is 10. The van der Waals surface area contributed by atoms with Crippen molar-refractivity contribution in [2.75, 3.05) is 25.7 Å². The number of para-hydroxylation sites is 1. The van der Waals surface area contributed by atoms with Crippen molar-refractivity contribution in [3.63, 3.8) is 0 Å². The van der Waals surface area contributed by atoms with Gasteiger partial charge in [-0.25, -0.2) is 9.07 Å². The van der Waals surface area contributed by atoms with Gasteiger partial charge in [0, 0.05) is 88.3 Å². The monoisotopic (exact) mass is 1700 g/mol. The van der Waals surface area contributed by atoms with Crippen LogP contribution in [0.15, 0.2) is 113 Å². The molecule has 1 aromatic carbocycles. The third kappa shape index (κ3) is 12.3. The Bertz CT molecular complexity index is 5010. The number of benzene rings is 1. The van der Waals surface area contributed by atoms with Gasteiger partial charge in [0.2, 0.25) is 5.78 Å². The summed E-state index contributed by atoms with van der Waals surface area (Å²) in [5.74, 6) is -5.65. The summed E-state index contributed by atoms with van der Waals surface area (Å²) in [5, 5.41) is 81.4. The number of aliphatic hydroxyl groups excluding tert-OH is 4. The fourth-order valence-electron chi connectivity index (χ4n) is 30.5. The number of carbonyl (C=O) groups is 10. The molecule has 29 atom stereocenters. The highest BCUT2D eigenvalue weighted by molar-refractivity contribution is 6.29. The van der Waals surface area contributed by atoms with Crippen LogP contribution in [0.5, 0.6) is 0 Å². The highest BCUT2D eigenvalue weighted by Crippen LogP contribution is 2.74. The number of nitrogens with zero attached hydrogens (tertiary/aromatic N) is 2. The molecule has 17 aliphatic rings. The van der Waals surface area contributed by atoms with E-state index < -0.39 is 135 Å². The summed E-state index contributed by atoms with van der Waals surface area (Å²) >= 11 is 5.79. The van der Waals surface area contributed by atoms with Gasteiger partial charge >= 0.3 is 5.97 Å². The highest BCUT2D eigenvalue weighted by atomic mass is 35.5. The molecule has 1 aliphatic heterocycles. The van der Waals surface area contributed by atoms with E-state index in [1.807, 2.05) is 55.9 Å². The lowest BCUT2D eigenvalue weighted by Crippen LogP contribution is -2.68. The number of ether oxygens (including phenoxy) is 3. The molecule has 24 heteroatoms. The molecule has 16 aliphatic carbocycles. The normalized spacial score (nSPS) is 45.7. The van der Waals surface area contributed by atoms with Gasteiger partial charge < -0.3 is 50.0 Å². The summed E-state index contributed by atoms with van der Waals surface area (Å²) in [5.41, 5.74) is -4.32. The molecule has 1 saturated heterocycles. The summed E-state index contributed by atoms with van der Waals surface area (Å²) in [4.78, 5) is 125. The maximum Gasteiger partial charge on any atom is 0.303 e. The molecule has 2 heterocycles. The quantitative estimate of drug-likeness (QED) is 0.0858. The number of fused-ring (bicyclic) bond motifs is 23. The highest BCUT2D eigenvalue weighted by Gasteiger charge is 2.79. The summed E-state index contributed by atoms with van der Waals surface area (Å²) in [6.45, 7) is 22.9. The van der Waals surface area contributed by atoms with Crippen molar-refractivity contribution >= 4 is 75.7 Å². The number of rotatable bonds is 10. The average Bonchev–Trinajstić information content (AvgIpc) is 1.46. The van der Waals surface area contributed by atoms with Gasteiger partial charge in [-0.1, -0.05) is 114 Å². The van der Waals surface area contributed by atoms with E-state index in [0.29, 0.717) is 76.2 Å². The minimum Gasteiger partial charge on any atom is -0.458 e. The molecular formula is C98H122ClFN2O20. The zero-order valence-electron chi connectivity index (χ0n) is 72.6. The van der Waals surface area contributed by atoms with Crippen molar-refractivity contribution in [3.05, 3.63) is 124 Å². The number of aliphatic hydroxyl groups is 7. The van der Waals surface area contributed by atoms with Crippen LogP contribution >= 0.6 is 11.6 Å². The molecule has 7 N–H and O–H groups in total. The molecule has 122 heavy (non-hydrogen) atoms. The molecule has 1 aromatic heterocycles. The lowest BCUT2D eigenvalue weighted by molar-refractivity contribution is -0.225. The molecular weight excluding hydrogens is 1580 g/mol. The first-order chi connectivity index (χ1) is 57.2. The second-order valence-corrected chi connectivity index (χ2v) is 42.2. The van der Waals surface area contributed by atoms with E-state index in [9.17, 15) is 83.7 Å². The molecule has 12 fully saturated rings. The Morgan fingerprint density at radius 2 is 1.30 bits per heavy atom. The van der Waals surface area contributed by atoms with Gasteiger partial charge in [0.05, 0.1) is 41.8 Å². The van der Waals surface area contributed by atoms with Crippen molar-refractivity contribution in [2.45, 2.75) is 258 Å². The third-order valence-corrected chi connectivity index (χ3v) is 36.3. The van der Waals surface area contributed by atoms with Crippen LogP contribution in [0, 0.1) is 121 Å². The molecule has 22 nitrogen and oxygen atoms in total. The maximum absolute atomic E-state index is 16.8. The lowest BCUT2D eigenvalue weighted by atomic mass is 9.45. The Labute approximate surface area is 718 Å². The molecule has 2 aromatic rings. The predicted octanol–water partition coefficient (Wildman–Crippen LogP) is 11.6. The van der Waals surface area contributed by atoms with Crippen molar-refractivity contribution < 1.29 is 102 Å². The average molecular weight is 1700 g/mol. The summed E-state index contributed by atoms with van der Waals surface area (Å²) in [7, 11) is 0. The van der Waals surface area contributed by atoms with Crippen molar-refractivity contribution in [2.24, 2.45) is 121 Å². The van der Waals surface area contributed by atoms with Gasteiger partial charge in [-0.2, -0.15) is 5.10 Å². The first-order valence-corrected chi connectivity index (χ1v) is 45.1. The van der Waals surface area contributed by atoms with Crippen LogP contribution in [0.25, 0.3) is 11.8 Å². The Morgan fingerprint density at radius 3 is 1.98 bits per heavy atom. The van der Waals surface area contributed by atoms with Gasteiger partial charge in [0.25, 0.3) is 0 Å². The van der Waals surface area contributed by atoms with E-state index in [0.717, 1.165) is 60.2 Å². The van der Waals surface area contributed by atoms with E-state index in [1.165, 1.54) is 30.2 Å². The van der Waals surface area contributed by atoms with E-state index in [2.05, 4.69) is 52.0 Å². The molecule has 0 unspecified atom stereocenters. The molecule has 0 amide bonds. The Hall–Kier alpha value is -7.03. The van der Waals surface area contributed by atoms with Gasteiger partial charge in [-0.15, -0.1) is 11.6 Å². The smallest absolute Gasteiger partial charge is 0.303 e. The molecule has 0 bridgehead atoms. The number of hydrogen-bond donors (Lipinski definition) is 7. The van der Waals surface area contributed by atoms with Crippen LogP contribution in [-0.4, -0.2) is 181 Å². The van der Waals surface area contributed by atoms with Gasteiger partial charge in [0.1, 0.15) is 35.8 Å². The zero-order chi connectivity index (χ0) is 88.3. The van der Waals surface area contributed by atoms with Crippen LogP contribution in [0.3, 0.4) is 0 Å². The van der Waals surface area contributed by atoms with E-state index in [1.54, 1.807) is 58.9 Å². The summed E-state index contributed by atoms with van der Waals surface area (Å²) < 4.78 is 36.3. The van der Waals surface area contributed by atoms with Crippen molar-refractivity contribution in [3.8, 4) is 5.69 Å². The Balaban J connectivity index is 0.000000122. The van der Waals surface area contributed by atoms with E-state index >= 15 is 4.39 Å². The maximum atomic E-state index is 16.8. The molecule has 0 spiro atoms. The number of Topliss-reactive ketones (excluding diaryl/α,β-unsaturated/α-hetero) is 6. The van der Waals surface area contributed by atoms with Crippen LogP contribution in [0.4, 0.5) is 4.39 Å². The van der Waals surface area contributed by atoms with Gasteiger partial charge in [0.15, 0.2) is 64.1 Å². The molecule has 11 saturated carbocycles. The largest absolute Gasteiger partial charge is 0.458 e. The SMILES string of the molecule is CC(=O)OCC(=O)[C@@]1(O)[C@H](C)C[C@H]2[C@@H]3C=C(C)C4=Cc5c(cnn5-c5ccccc5)C[C@]4(C)[C@H]3[C@@H](O)C[C@@H]21.CC1(C)O[C@@H]2C[C@H]3[C@@H]4CCC5=CC(=O)C=C[C@]5(C)[C@H]4[C@@H](O)C[C@]3(C)[C@]2(C(=O)CO)O1.C[C@H]1C[C@H]2[C@@H]3CCC4=CC(=O)C=C[C@]4(C)[C@@]3(F)C(=O)C[C@]2(C)[C@@]1(O)C(=O)CCl.C[C@]12CCC(=O)C=C1CC[C@@H]1[C@@H]2C(=O)C[C@@]2(C)[C@H]1CC[C@]2(O)C(=O)CO. The van der Waals surface area contributed by atoms with E-state index in [-0.39, 0.29) is 135 Å². The number of alkyl halides is 2. The van der Waals surface area contributed by atoms with Gasteiger partial charge in [-0.3, -0.25) is 47.9 Å². The van der Waals surface area contributed by atoms with E-state index in [4.69, 9.17) is 30.9 Å². The molecule has 19 rings (SSSR count).